The van der Waals surface area contributed by atoms with E-state index in [1.807, 2.05) is 6.08 Å². The third-order valence-corrected chi connectivity index (χ3v) is 7.84. The maximum atomic E-state index is 10.7. The van der Waals surface area contributed by atoms with E-state index in [1.165, 1.54) is 30.5 Å². The molecule has 1 aromatic rings. The number of hydrogen-bond donors (Lipinski definition) is 2. The number of benzene rings is 1. The summed E-state index contributed by atoms with van der Waals surface area (Å²) in [6.07, 6.45) is 8.05. The van der Waals surface area contributed by atoms with Crippen LogP contribution in [0.5, 0.6) is 11.5 Å². The highest BCUT2D eigenvalue weighted by Crippen LogP contribution is 2.67. The number of phenolic OH excluding ortho intramolecular Hbond substituents is 1. The number of piperidine rings is 1. The van der Waals surface area contributed by atoms with Crippen molar-refractivity contribution < 1.29 is 14.9 Å². The van der Waals surface area contributed by atoms with Crippen LogP contribution in [0, 0.1) is 11.3 Å². The van der Waals surface area contributed by atoms with E-state index < -0.39 is 6.10 Å². The molecule has 2 bridgehead atoms. The minimum atomic E-state index is -0.610. The molecule has 2 N–H and O–H groups in total. The number of rotatable bonds is 2. The molecular formula is C21H25NO3. The summed E-state index contributed by atoms with van der Waals surface area (Å²) in [4.78, 5) is 2.70. The van der Waals surface area contributed by atoms with Gasteiger partial charge in [0.1, 0.15) is 12.2 Å². The number of aromatic hydroxyl groups is 1. The van der Waals surface area contributed by atoms with Gasteiger partial charge in [0.25, 0.3) is 0 Å². The van der Waals surface area contributed by atoms with Crippen LogP contribution >= 0.6 is 0 Å². The van der Waals surface area contributed by atoms with Gasteiger partial charge in [-0.25, -0.2) is 0 Å². The molecule has 0 aromatic heterocycles. The van der Waals surface area contributed by atoms with Crippen molar-refractivity contribution in [2.45, 2.75) is 56.3 Å². The summed E-state index contributed by atoms with van der Waals surface area (Å²) in [5.74, 6) is 1.73. The molecule has 5 atom stereocenters. The van der Waals surface area contributed by atoms with Crippen molar-refractivity contribution in [3.8, 4) is 11.5 Å². The van der Waals surface area contributed by atoms with Crippen LogP contribution in [-0.4, -0.2) is 46.5 Å². The molecule has 1 aromatic carbocycles. The largest absolute Gasteiger partial charge is 0.504 e. The van der Waals surface area contributed by atoms with Crippen LogP contribution < -0.4 is 4.74 Å². The maximum Gasteiger partial charge on any atom is 0.165 e. The van der Waals surface area contributed by atoms with E-state index in [1.54, 1.807) is 6.07 Å². The number of aliphatic hydroxyl groups excluding tert-OH is 1. The minimum absolute atomic E-state index is 0.0594. The Morgan fingerprint density at radius 2 is 2.16 bits per heavy atom. The lowest BCUT2D eigenvalue weighted by Crippen LogP contribution is -2.70. The van der Waals surface area contributed by atoms with Gasteiger partial charge < -0.3 is 14.9 Å². The van der Waals surface area contributed by atoms with Gasteiger partial charge in [-0.15, -0.1) is 0 Å². The zero-order valence-corrected chi connectivity index (χ0v) is 14.6. The molecule has 3 aliphatic carbocycles. The third-order valence-electron chi connectivity index (χ3n) is 7.84. The van der Waals surface area contributed by atoms with Gasteiger partial charge in [-0.3, -0.25) is 4.90 Å². The lowest BCUT2D eigenvalue weighted by atomic mass is 9.46. The second-order valence-electron chi connectivity index (χ2n) is 9.00. The number of hydrogen-bond acceptors (Lipinski definition) is 4. The number of ether oxygens (including phenoxy) is 1. The SMILES string of the molecule is C[C@@]12C=C[C@H](O)[C@@H]3Oc4c(O)ccc5c4[C@@]31CCN(CC1CC1)[C@@H]2C5. The van der Waals surface area contributed by atoms with E-state index in [9.17, 15) is 10.2 Å². The highest BCUT2D eigenvalue weighted by molar-refractivity contribution is 5.63. The summed E-state index contributed by atoms with van der Waals surface area (Å²) in [6.45, 7) is 4.63. The summed E-state index contributed by atoms with van der Waals surface area (Å²) < 4.78 is 6.25. The Kier molecular flexibility index (Phi) is 2.58. The summed E-state index contributed by atoms with van der Waals surface area (Å²) in [7, 11) is 0. The number of likely N-dealkylation sites (tertiary alicyclic amines) is 1. The molecular weight excluding hydrogens is 314 g/mol. The molecule has 1 saturated carbocycles. The smallest absolute Gasteiger partial charge is 0.165 e. The molecule has 6 rings (SSSR count). The molecule has 4 nitrogen and oxygen atoms in total. The van der Waals surface area contributed by atoms with Crippen LogP contribution in [-0.2, 0) is 11.8 Å². The van der Waals surface area contributed by atoms with Crippen LogP contribution in [0.3, 0.4) is 0 Å². The van der Waals surface area contributed by atoms with Gasteiger partial charge in [-0.1, -0.05) is 25.1 Å². The average molecular weight is 339 g/mol. The maximum absolute atomic E-state index is 10.7. The second-order valence-corrected chi connectivity index (χ2v) is 9.00. The van der Waals surface area contributed by atoms with Crippen LogP contribution in [0.2, 0.25) is 0 Å². The van der Waals surface area contributed by atoms with Gasteiger partial charge in [0, 0.05) is 23.6 Å². The fourth-order valence-corrected chi connectivity index (χ4v) is 6.45. The summed E-state index contributed by atoms with van der Waals surface area (Å²) >= 11 is 0. The van der Waals surface area contributed by atoms with E-state index in [2.05, 4.69) is 24.0 Å². The first-order chi connectivity index (χ1) is 12.0. The Balaban J connectivity index is 1.59. The number of phenols is 1. The van der Waals surface area contributed by atoms with E-state index in [-0.39, 0.29) is 22.7 Å². The average Bonchev–Trinajstić information content (AvgIpc) is 3.32. The predicted molar refractivity (Wildman–Crippen MR) is 93.9 cm³/mol. The fraction of sp³-hybridized carbons (Fsp3) is 0.619. The number of nitrogens with zero attached hydrogens (tertiary/aromatic N) is 1. The van der Waals surface area contributed by atoms with Crippen molar-refractivity contribution in [1.29, 1.82) is 0 Å². The molecule has 2 aliphatic heterocycles. The van der Waals surface area contributed by atoms with Crippen molar-refractivity contribution in [3.05, 3.63) is 35.4 Å². The zero-order chi connectivity index (χ0) is 17.0. The standard InChI is InChI=1S/C21H25NO3/c1-20-7-6-15(24)19-21(20)8-9-22(11-12-2-3-12)16(20)10-13-4-5-14(23)18(25-19)17(13)21/h4-7,12,15-16,19,23-24H,2-3,8-11H2,1H3/t15-,16+,19-,20-,21-/m0/s1. The van der Waals surface area contributed by atoms with Crippen molar-refractivity contribution in [1.82, 2.24) is 4.90 Å². The highest BCUT2D eigenvalue weighted by Gasteiger charge is 2.69. The van der Waals surface area contributed by atoms with Gasteiger partial charge >= 0.3 is 0 Å². The van der Waals surface area contributed by atoms with Crippen molar-refractivity contribution in [2.75, 3.05) is 13.1 Å². The lowest BCUT2D eigenvalue weighted by molar-refractivity contribution is -0.0964. The molecule has 0 unspecified atom stereocenters. The number of aliphatic hydroxyl groups is 1. The molecule has 1 saturated heterocycles. The van der Waals surface area contributed by atoms with Gasteiger partial charge in [0.05, 0.1) is 5.41 Å². The van der Waals surface area contributed by atoms with E-state index >= 15 is 0 Å². The fourth-order valence-electron chi connectivity index (χ4n) is 6.45. The first-order valence-corrected chi connectivity index (χ1v) is 9.68. The van der Waals surface area contributed by atoms with Gasteiger partial charge in [0.15, 0.2) is 11.5 Å². The molecule has 5 aliphatic rings. The van der Waals surface area contributed by atoms with E-state index in [0.29, 0.717) is 11.8 Å². The lowest BCUT2D eigenvalue weighted by Gasteiger charge is -2.63. The van der Waals surface area contributed by atoms with Crippen LogP contribution in [0.1, 0.15) is 37.3 Å². The first kappa shape index (κ1) is 14.6. The Hall–Kier alpha value is -1.52. The van der Waals surface area contributed by atoms with Crippen molar-refractivity contribution in [3.63, 3.8) is 0 Å². The quantitative estimate of drug-likeness (QED) is 0.813. The molecule has 1 spiro atoms. The zero-order valence-electron chi connectivity index (χ0n) is 14.6. The van der Waals surface area contributed by atoms with Crippen molar-refractivity contribution in [2.24, 2.45) is 11.3 Å². The highest BCUT2D eigenvalue weighted by atomic mass is 16.5. The van der Waals surface area contributed by atoms with E-state index in [4.69, 9.17) is 4.74 Å². The molecule has 4 heteroatoms. The van der Waals surface area contributed by atoms with Crippen LogP contribution in [0.15, 0.2) is 24.3 Å². The summed E-state index contributed by atoms with van der Waals surface area (Å²) in [5.41, 5.74) is 2.22. The summed E-state index contributed by atoms with van der Waals surface area (Å²) in [5, 5.41) is 21.1. The Labute approximate surface area is 148 Å². The van der Waals surface area contributed by atoms with Gasteiger partial charge in [0.2, 0.25) is 0 Å². The predicted octanol–water partition coefficient (Wildman–Crippen LogP) is 2.37. The molecule has 2 fully saturated rings. The Bertz CT molecular complexity index is 801. The third kappa shape index (κ3) is 1.57. The molecule has 25 heavy (non-hydrogen) atoms. The van der Waals surface area contributed by atoms with Gasteiger partial charge in [-0.05, 0) is 49.8 Å². The second kappa shape index (κ2) is 4.41. The van der Waals surface area contributed by atoms with Crippen molar-refractivity contribution >= 4 is 0 Å². The monoisotopic (exact) mass is 339 g/mol. The Morgan fingerprint density at radius 1 is 1.32 bits per heavy atom. The topological polar surface area (TPSA) is 52.9 Å². The molecule has 2 heterocycles. The van der Waals surface area contributed by atoms with E-state index in [0.717, 1.165) is 25.3 Å². The summed E-state index contributed by atoms with van der Waals surface area (Å²) in [6, 6.07) is 4.30. The first-order valence-electron chi connectivity index (χ1n) is 9.68. The normalized spacial score (nSPS) is 43.7. The molecule has 0 amide bonds. The Morgan fingerprint density at radius 3 is 2.96 bits per heavy atom. The van der Waals surface area contributed by atoms with Gasteiger partial charge in [-0.2, -0.15) is 0 Å². The molecule has 132 valence electrons. The van der Waals surface area contributed by atoms with Crippen LogP contribution in [0.25, 0.3) is 0 Å². The van der Waals surface area contributed by atoms with Crippen LogP contribution in [0.4, 0.5) is 0 Å². The molecule has 0 radical (unpaired) electrons. The minimum Gasteiger partial charge on any atom is -0.504 e.